The number of allylic oxidation sites excluding steroid dienone is 1. The van der Waals surface area contributed by atoms with Crippen molar-refractivity contribution in [2.45, 2.75) is 138 Å². The van der Waals surface area contributed by atoms with Crippen molar-refractivity contribution >= 4 is 11.9 Å². The van der Waals surface area contributed by atoms with Gasteiger partial charge >= 0.3 is 11.9 Å². The molecule has 0 bridgehead atoms. The van der Waals surface area contributed by atoms with E-state index in [0.29, 0.717) is 49.0 Å². The van der Waals surface area contributed by atoms with Crippen molar-refractivity contribution in [2.24, 2.45) is 56.7 Å². The molecule has 4 N–H and O–H groups in total. The molecule has 0 radical (unpaired) electrons. The van der Waals surface area contributed by atoms with Gasteiger partial charge in [-0.1, -0.05) is 46.8 Å². The Hall–Kier alpha value is -0.520. The Morgan fingerprint density at radius 2 is 1.30 bits per heavy atom. The van der Waals surface area contributed by atoms with Gasteiger partial charge in [-0.25, -0.2) is 0 Å². The van der Waals surface area contributed by atoms with E-state index >= 15 is 0 Å². The van der Waals surface area contributed by atoms with Crippen molar-refractivity contribution in [3.63, 3.8) is 0 Å². The Bertz CT molecular complexity index is 1370. The number of ether oxygens (including phenoxy) is 2. The minimum atomic E-state index is -0.0279. The zero-order valence-electron chi connectivity index (χ0n) is 36.2. The molecule has 2 aliphatic heterocycles. The van der Waals surface area contributed by atoms with Crippen LogP contribution in [0.15, 0.2) is 12.2 Å². The van der Waals surface area contributed by atoms with Crippen LogP contribution in [0.3, 0.4) is 0 Å². The first kappa shape index (κ1) is 46.5. The van der Waals surface area contributed by atoms with Crippen LogP contribution in [0.1, 0.15) is 131 Å². The second kappa shape index (κ2) is 18.6. The van der Waals surface area contributed by atoms with E-state index in [4.69, 9.17) is 9.47 Å². The number of fused-ring (bicyclic) bond motifs is 7. The number of hydrogen-bond donors (Lipinski definition) is 4. The monoisotopic (exact) mass is 910 g/mol. The molecule has 8 nitrogen and oxygen atoms in total. The molecule has 0 spiro atoms. The highest BCUT2D eigenvalue weighted by Crippen LogP contribution is 2.77. The van der Waals surface area contributed by atoms with E-state index in [1.54, 1.807) is 9.80 Å². The first-order chi connectivity index (χ1) is 25.7. The van der Waals surface area contributed by atoms with Crippen molar-refractivity contribution in [1.29, 1.82) is 0 Å². The summed E-state index contributed by atoms with van der Waals surface area (Å²) in [4.78, 5) is 29.7. The fourth-order valence-electron chi connectivity index (χ4n) is 15.3. The van der Waals surface area contributed by atoms with Crippen LogP contribution in [0.25, 0.3) is 0 Å². The minimum absolute atomic E-state index is 0. The van der Waals surface area contributed by atoms with Gasteiger partial charge in [-0.2, -0.15) is 0 Å². The Kier molecular flexibility index (Phi) is 15.5. The maximum absolute atomic E-state index is 13.3. The lowest BCUT2D eigenvalue weighted by molar-refractivity contribution is -0.902. The van der Waals surface area contributed by atoms with E-state index in [-0.39, 0.29) is 79.1 Å². The number of carbonyl (C=O) groups excluding carboxylic acids is 2. The van der Waals surface area contributed by atoms with E-state index < -0.39 is 0 Å². The van der Waals surface area contributed by atoms with Gasteiger partial charge in [-0.3, -0.25) is 9.59 Å². The van der Waals surface area contributed by atoms with Crippen molar-refractivity contribution in [2.75, 3.05) is 72.1 Å². The molecule has 7 fully saturated rings. The average Bonchev–Trinajstić information content (AvgIpc) is 3.53. The first-order valence-corrected chi connectivity index (χ1v) is 22.8. The Morgan fingerprint density at radius 1 is 0.696 bits per heavy atom. The molecular weight excluding hydrogens is 832 g/mol. The standard InChI is InChI=1S/C46H78N4O4.2BrH/c1-33(2)34-14-19-46(32-53-39(51)10-8-26-49-28-22-47-23-29-49)21-20-44(6)35(41(34)46)12-13-37-43(5)17-16-38(42(3,4)36(43)15-18-45(37,44)7)54-40(52)11-9-27-50-30-24-48-25-31-50;;/h34-38,41,47-48H,1,8-32H2,2-7H3;2*1H/t34-,35?,36?,37?,38-,41?,43-,44+,45+,46+;;/m0../s1. The highest BCUT2D eigenvalue weighted by molar-refractivity contribution is 5.69. The lowest BCUT2D eigenvalue weighted by Crippen LogP contribution is -3.14. The predicted molar refractivity (Wildman–Crippen MR) is 215 cm³/mol. The number of halogens is 2. The largest absolute Gasteiger partial charge is 1.00 e. The molecule has 7 rings (SSSR count). The van der Waals surface area contributed by atoms with Crippen LogP contribution in [-0.4, -0.2) is 90.1 Å². The van der Waals surface area contributed by atoms with Crippen molar-refractivity contribution in [3.8, 4) is 0 Å². The van der Waals surface area contributed by atoms with Crippen molar-refractivity contribution < 1.29 is 62.8 Å². The van der Waals surface area contributed by atoms with Gasteiger partial charge in [0.05, 0.1) is 58.7 Å². The molecule has 0 amide bonds. The van der Waals surface area contributed by atoms with Gasteiger partial charge in [-0.15, -0.1) is 0 Å². The van der Waals surface area contributed by atoms with Crippen LogP contribution in [0.5, 0.6) is 0 Å². The third kappa shape index (κ3) is 8.65. The molecule has 0 aromatic rings. The average molecular weight is 913 g/mol. The van der Waals surface area contributed by atoms with Gasteiger partial charge in [0.15, 0.2) is 0 Å². The zero-order chi connectivity index (χ0) is 38.4. The second-order valence-corrected chi connectivity index (χ2v) is 21.3. The molecule has 10 heteroatoms. The summed E-state index contributed by atoms with van der Waals surface area (Å²) in [6, 6.07) is 0. The molecule has 10 atom stereocenters. The molecule has 7 aliphatic rings. The smallest absolute Gasteiger partial charge is 0.306 e. The molecule has 2 saturated heterocycles. The van der Waals surface area contributed by atoms with Gasteiger partial charge in [0, 0.05) is 49.9 Å². The number of quaternary nitrogens is 2. The summed E-state index contributed by atoms with van der Waals surface area (Å²) in [7, 11) is 0. The number of nitrogens with one attached hydrogen (secondary N) is 4. The maximum Gasteiger partial charge on any atom is 0.306 e. The summed E-state index contributed by atoms with van der Waals surface area (Å²) in [5.74, 6) is 3.00. The molecule has 322 valence electrons. The summed E-state index contributed by atoms with van der Waals surface area (Å²) in [5.41, 5.74) is 2.18. The van der Waals surface area contributed by atoms with E-state index in [0.717, 1.165) is 84.7 Å². The van der Waals surface area contributed by atoms with Gasteiger partial charge in [-0.05, 0) is 117 Å². The molecular formula is C46H80Br2N4O4. The van der Waals surface area contributed by atoms with Crippen LogP contribution in [0.4, 0.5) is 0 Å². The maximum atomic E-state index is 13.3. The molecule has 2 heterocycles. The van der Waals surface area contributed by atoms with Crippen LogP contribution < -0.4 is 54.4 Å². The summed E-state index contributed by atoms with van der Waals surface area (Å²) in [6.07, 6.45) is 15.0. The molecule has 0 aromatic heterocycles. The van der Waals surface area contributed by atoms with Gasteiger partial charge in [0.1, 0.15) is 6.10 Å². The summed E-state index contributed by atoms with van der Waals surface area (Å²) >= 11 is 0. The number of carbonyl (C=O) groups is 2. The zero-order valence-corrected chi connectivity index (χ0v) is 39.4. The molecule has 56 heavy (non-hydrogen) atoms. The quantitative estimate of drug-likeness (QED) is 0.143. The van der Waals surface area contributed by atoms with Crippen LogP contribution in [-0.2, 0) is 19.1 Å². The number of hydrogen-bond acceptors (Lipinski definition) is 6. The fraction of sp³-hybridized carbons (Fsp3) is 0.913. The van der Waals surface area contributed by atoms with Gasteiger partial charge in [0.2, 0.25) is 0 Å². The fourth-order valence-corrected chi connectivity index (χ4v) is 15.3. The Balaban J connectivity index is 0.00000300. The Labute approximate surface area is 362 Å². The van der Waals surface area contributed by atoms with E-state index in [9.17, 15) is 9.59 Å². The highest BCUT2D eigenvalue weighted by Gasteiger charge is 2.71. The highest BCUT2D eigenvalue weighted by atomic mass is 79.9. The minimum Gasteiger partial charge on any atom is -1.00 e. The topological polar surface area (TPSA) is 85.5 Å². The SMILES string of the molecule is C=C(C)[C@@H]1CC[C@]2(COC(=O)CCC[NH+]3CCNCC3)CC[C@]3(C)C(CCC4[C@@]5(C)CC[C@H](OC(=O)CCC[NH+]6CCNCC6)C(C)(C)C5CC[C@]43C)C12.[Br-].[Br-]. The summed E-state index contributed by atoms with van der Waals surface area (Å²) in [6.45, 7) is 31.6. The summed E-state index contributed by atoms with van der Waals surface area (Å²) < 4.78 is 12.7. The van der Waals surface area contributed by atoms with Crippen molar-refractivity contribution in [3.05, 3.63) is 12.2 Å². The normalized spacial score (nSPS) is 40.7. The second-order valence-electron chi connectivity index (χ2n) is 21.3. The van der Waals surface area contributed by atoms with Crippen LogP contribution in [0.2, 0.25) is 0 Å². The van der Waals surface area contributed by atoms with E-state index in [2.05, 4.69) is 58.8 Å². The van der Waals surface area contributed by atoms with Crippen molar-refractivity contribution in [1.82, 2.24) is 10.6 Å². The number of rotatable bonds is 12. The van der Waals surface area contributed by atoms with Gasteiger partial charge in [0.25, 0.3) is 0 Å². The van der Waals surface area contributed by atoms with Crippen LogP contribution in [0, 0.1) is 56.7 Å². The third-order valence-corrected chi connectivity index (χ3v) is 18.4. The van der Waals surface area contributed by atoms with Gasteiger partial charge < -0.3 is 63.9 Å². The lowest BCUT2D eigenvalue weighted by atomic mass is 9.32. The van der Waals surface area contributed by atoms with E-state index in [1.165, 1.54) is 63.4 Å². The lowest BCUT2D eigenvalue weighted by Gasteiger charge is -2.73. The first-order valence-electron chi connectivity index (χ1n) is 22.8. The third-order valence-electron chi connectivity index (χ3n) is 18.4. The summed E-state index contributed by atoms with van der Waals surface area (Å²) in [5, 5.41) is 6.89. The van der Waals surface area contributed by atoms with E-state index in [1.807, 2.05) is 0 Å². The van der Waals surface area contributed by atoms with Crippen LogP contribution >= 0.6 is 0 Å². The Morgan fingerprint density at radius 3 is 1.91 bits per heavy atom. The number of piperazine rings is 2. The molecule has 5 saturated carbocycles. The molecule has 5 aliphatic carbocycles. The molecule has 4 unspecified atom stereocenters. The molecule has 0 aromatic carbocycles. The number of esters is 2. The predicted octanol–water partition coefficient (Wildman–Crippen LogP) is -1.36.